The van der Waals surface area contributed by atoms with Crippen LogP contribution in [0.5, 0.6) is 5.75 Å². The van der Waals surface area contributed by atoms with Gasteiger partial charge in [0.05, 0.1) is 0 Å². The largest absolute Gasteiger partial charge is 0.423 e. The van der Waals surface area contributed by atoms with Gasteiger partial charge in [-0.15, -0.1) is 0 Å². The Morgan fingerprint density at radius 2 is 1.65 bits per heavy atom. The number of halogens is 4. The van der Waals surface area contributed by atoms with Crippen molar-refractivity contribution in [2.75, 3.05) is 0 Å². The normalized spacial score (nSPS) is 17.8. The van der Waals surface area contributed by atoms with Crippen molar-refractivity contribution in [3.8, 4) is 17.6 Å². The molecule has 0 unspecified atom stereocenters. The Balaban J connectivity index is 1.47. The number of carbonyl (C=O) groups is 1. The van der Waals surface area contributed by atoms with E-state index in [1.54, 1.807) is 0 Å². The Labute approximate surface area is 195 Å². The lowest BCUT2D eigenvalue weighted by molar-refractivity contribution is 0.0725. The van der Waals surface area contributed by atoms with Crippen LogP contribution in [-0.4, -0.2) is 5.97 Å². The van der Waals surface area contributed by atoms with Crippen LogP contribution in [-0.2, 0) is 0 Å². The van der Waals surface area contributed by atoms with E-state index in [1.807, 2.05) is 0 Å². The van der Waals surface area contributed by atoms with Gasteiger partial charge in [-0.1, -0.05) is 37.7 Å². The molecule has 0 heterocycles. The monoisotopic (exact) mass is 468 g/mol. The fraction of sp³-hybridized carbons (Fsp3) is 0.321. The molecule has 0 atom stereocenters. The first-order valence-corrected chi connectivity index (χ1v) is 11.5. The highest BCUT2D eigenvalue weighted by molar-refractivity contribution is 5.93. The summed E-state index contributed by atoms with van der Waals surface area (Å²) in [6.45, 7) is 2.18. The Bertz CT molecular complexity index is 1260. The van der Waals surface area contributed by atoms with Gasteiger partial charge in [0.1, 0.15) is 22.9 Å². The van der Waals surface area contributed by atoms with Gasteiger partial charge in [0, 0.05) is 16.9 Å². The van der Waals surface area contributed by atoms with Gasteiger partial charge in [0.25, 0.3) is 0 Å². The second-order valence-corrected chi connectivity index (χ2v) is 8.72. The smallest absolute Gasteiger partial charge is 0.349 e. The molecular formula is C28H24F4O2. The summed E-state index contributed by atoms with van der Waals surface area (Å²) in [4.78, 5) is 12.4. The second kappa shape index (κ2) is 10.3. The quantitative estimate of drug-likeness (QED) is 0.171. The van der Waals surface area contributed by atoms with E-state index in [1.165, 1.54) is 37.1 Å². The third kappa shape index (κ3) is 5.25. The molecule has 176 valence electrons. The zero-order chi connectivity index (χ0) is 24.2. The predicted octanol–water partition coefficient (Wildman–Crippen LogP) is 7.57. The Kier molecular flexibility index (Phi) is 7.21. The van der Waals surface area contributed by atoms with Gasteiger partial charge in [-0.2, -0.15) is 0 Å². The number of fused-ring (bicyclic) bond motifs is 1. The Hall–Kier alpha value is -3.33. The fourth-order valence-electron chi connectivity index (χ4n) is 4.49. The molecule has 0 bridgehead atoms. The van der Waals surface area contributed by atoms with E-state index in [9.17, 15) is 22.4 Å². The van der Waals surface area contributed by atoms with Gasteiger partial charge in [0.2, 0.25) is 0 Å². The molecule has 0 radical (unpaired) electrons. The maximum Gasteiger partial charge on any atom is 0.349 e. The van der Waals surface area contributed by atoms with Crippen molar-refractivity contribution in [1.82, 2.24) is 0 Å². The van der Waals surface area contributed by atoms with Crippen LogP contribution in [0.25, 0.3) is 10.8 Å². The van der Waals surface area contributed by atoms with E-state index in [-0.39, 0.29) is 28.0 Å². The van der Waals surface area contributed by atoms with Gasteiger partial charge in [-0.05, 0) is 73.4 Å². The fourth-order valence-corrected chi connectivity index (χ4v) is 4.49. The van der Waals surface area contributed by atoms with E-state index in [2.05, 4.69) is 18.8 Å². The molecule has 0 N–H and O–H groups in total. The lowest BCUT2D eigenvalue weighted by Gasteiger charge is -2.25. The van der Waals surface area contributed by atoms with Crippen LogP contribution in [0.2, 0.25) is 0 Å². The molecule has 3 aromatic rings. The molecule has 0 aliphatic heterocycles. The molecule has 2 nitrogen and oxygen atoms in total. The molecule has 3 aromatic carbocycles. The van der Waals surface area contributed by atoms with Crippen LogP contribution in [0.4, 0.5) is 17.6 Å². The molecule has 0 amide bonds. The number of carbonyl (C=O) groups excluding carboxylic acids is 1. The summed E-state index contributed by atoms with van der Waals surface area (Å²) in [6, 6.07) is 8.06. The zero-order valence-electron chi connectivity index (χ0n) is 18.8. The molecule has 1 aliphatic rings. The molecule has 0 spiro atoms. The van der Waals surface area contributed by atoms with Crippen molar-refractivity contribution in [3.63, 3.8) is 0 Å². The molecule has 34 heavy (non-hydrogen) atoms. The predicted molar refractivity (Wildman–Crippen MR) is 122 cm³/mol. The topological polar surface area (TPSA) is 26.3 Å². The third-order valence-corrected chi connectivity index (χ3v) is 6.30. The average Bonchev–Trinajstić information content (AvgIpc) is 2.81. The lowest BCUT2D eigenvalue weighted by Crippen LogP contribution is -2.14. The molecule has 0 saturated heterocycles. The minimum Gasteiger partial charge on any atom is -0.423 e. The summed E-state index contributed by atoms with van der Waals surface area (Å²) in [6.07, 6.45) is 6.61. The van der Waals surface area contributed by atoms with Gasteiger partial charge >= 0.3 is 5.97 Å². The summed E-state index contributed by atoms with van der Waals surface area (Å²) >= 11 is 0. The maximum absolute atomic E-state index is 14.6. The Morgan fingerprint density at radius 1 is 0.941 bits per heavy atom. The standard InChI is InChI=1S/C28H24F4O2/c1-2-3-17-4-6-18(7-5-17)8-9-19-14-24(30)26(25(31)15-19)28(33)34-21-11-12-22-20(16-21)10-13-23(29)27(22)32/h10-18H,2-7H2,1H3. The first kappa shape index (κ1) is 23.8. The number of rotatable bonds is 4. The van der Waals surface area contributed by atoms with E-state index in [4.69, 9.17) is 4.74 Å². The van der Waals surface area contributed by atoms with Crippen molar-refractivity contribution in [2.45, 2.75) is 45.4 Å². The molecule has 6 heteroatoms. The van der Waals surface area contributed by atoms with Gasteiger partial charge < -0.3 is 4.74 Å². The SMILES string of the molecule is CCCC1CCC(C#Cc2cc(F)c(C(=O)Oc3ccc4c(F)c(F)ccc4c3)c(F)c2)CC1. The average molecular weight is 468 g/mol. The van der Waals surface area contributed by atoms with E-state index in [0.717, 1.165) is 49.8 Å². The minimum absolute atomic E-state index is 0.000984. The molecule has 1 aliphatic carbocycles. The van der Waals surface area contributed by atoms with Crippen LogP contribution in [0, 0.1) is 46.9 Å². The number of esters is 1. The van der Waals surface area contributed by atoms with Crippen molar-refractivity contribution < 1.29 is 27.1 Å². The van der Waals surface area contributed by atoms with Gasteiger partial charge in [0.15, 0.2) is 11.6 Å². The zero-order valence-corrected chi connectivity index (χ0v) is 18.8. The highest BCUT2D eigenvalue weighted by Crippen LogP contribution is 2.31. The Morgan fingerprint density at radius 3 is 2.32 bits per heavy atom. The number of hydrogen-bond donors (Lipinski definition) is 0. The van der Waals surface area contributed by atoms with E-state index < -0.39 is 34.8 Å². The molecule has 1 fully saturated rings. The summed E-state index contributed by atoms with van der Waals surface area (Å²) < 4.78 is 61.5. The van der Waals surface area contributed by atoms with E-state index >= 15 is 0 Å². The summed E-state index contributed by atoms with van der Waals surface area (Å²) in [5.41, 5.74) is -0.679. The minimum atomic E-state index is -1.23. The number of hydrogen-bond acceptors (Lipinski definition) is 2. The van der Waals surface area contributed by atoms with Crippen molar-refractivity contribution in [3.05, 3.63) is 76.9 Å². The number of ether oxygens (including phenoxy) is 1. The van der Waals surface area contributed by atoms with Crippen LogP contribution in [0.1, 0.15) is 61.4 Å². The van der Waals surface area contributed by atoms with Crippen LogP contribution < -0.4 is 4.74 Å². The molecule has 4 rings (SSSR count). The summed E-state index contributed by atoms with van der Waals surface area (Å²) in [7, 11) is 0. The molecule has 1 saturated carbocycles. The molecule has 0 aromatic heterocycles. The van der Waals surface area contributed by atoms with E-state index in [0.29, 0.717) is 0 Å². The first-order chi connectivity index (χ1) is 16.4. The van der Waals surface area contributed by atoms with Crippen molar-refractivity contribution >= 4 is 16.7 Å². The maximum atomic E-state index is 14.6. The van der Waals surface area contributed by atoms with Crippen LogP contribution in [0.3, 0.4) is 0 Å². The van der Waals surface area contributed by atoms with Gasteiger partial charge in [-0.3, -0.25) is 0 Å². The molecular weight excluding hydrogens is 444 g/mol. The third-order valence-electron chi connectivity index (χ3n) is 6.30. The summed E-state index contributed by atoms with van der Waals surface area (Å²) in [5.74, 6) is 1.43. The lowest BCUT2D eigenvalue weighted by atomic mass is 9.80. The van der Waals surface area contributed by atoms with Crippen LogP contribution >= 0.6 is 0 Å². The highest BCUT2D eigenvalue weighted by atomic mass is 19.2. The highest BCUT2D eigenvalue weighted by Gasteiger charge is 2.22. The second-order valence-electron chi connectivity index (χ2n) is 8.72. The van der Waals surface area contributed by atoms with Crippen LogP contribution in [0.15, 0.2) is 42.5 Å². The van der Waals surface area contributed by atoms with Crippen molar-refractivity contribution in [1.29, 1.82) is 0 Å². The van der Waals surface area contributed by atoms with Crippen molar-refractivity contribution in [2.24, 2.45) is 11.8 Å². The van der Waals surface area contributed by atoms with Gasteiger partial charge in [-0.25, -0.2) is 22.4 Å². The number of benzene rings is 3. The summed E-state index contributed by atoms with van der Waals surface area (Å²) in [5, 5.41) is 0.276. The first-order valence-electron chi connectivity index (χ1n) is 11.5.